The number of hydrogen-bond donors (Lipinski definition) is 1. The summed E-state index contributed by atoms with van der Waals surface area (Å²) in [4.78, 5) is 0.138. The van der Waals surface area contributed by atoms with Crippen LogP contribution in [0.1, 0.15) is 16.7 Å². The Bertz CT molecular complexity index is 404. The Hall–Kier alpha value is -1.15. The smallest absolute Gasteiger partial charge is 0.192 e. The molecule has 0 aliphatic rings. The maximum absolute atomic E-state index is 12.4. The van der Waals surface area contributed by atoms with Crippen molar-refractivity contribution in [1.82, 2.24) is 0 Å². The van der Waals surface area contributed by atoms with Gasteiger partial charge in [0.1, 0.15) is 0 Å². The maximum atomic E-state index is 12.4. The van der Waals surface area contributed by atoms with Crippen LogP contribution in [-0.4, -0.2) is 0 Å². The predicted molar refractivity (Wildman–Crippen MR) is 48.1 cm³/mol. The molecule has 0 radical (unpaired) electrons. The van der Waals surface area contributed by atoms with Gasteiger partial charge in [0.2, 0.25) is 0 Å². The van der Waals surface area contributed by atoms with Crippen molar-refractivity contribution in [3.05, 3.63) is 28.8 Å². The van der Waals surface area contributed by atoms with Gasteiger partial charge in [-0.2, -0.15) is 18.4 Å². The van der Waals surface area contributed by atoms with Crippen LogP contribution >= 0.6 is 12.6 Å². The van der Waals surface area contributed by atoms with Gasteiger partial charge in [0.25, 0.3) is 0 Å². The fourth-order valence-corrected chi connectivity index (χ4v) is 1.37. The van der Waals surface area contributed by atoms with E-state index in [-0.39, 0.29) is 16.0 Å². The van der Waals surface area contributed by atoms with Gasteiger partial charge in [-0.05, 0) is 24.6 Å². The van der Waals surface area contributed by atoms with E-state index >= 15 is 0 Å². The van der Waals surface area contributed by atoms with Crippen LogP contribution in [-0.2, 0) is 6.18 Å². The lowest BCUT2D eigenvalue weighted by Crippen LogP contribution is -2.08. The molecular weight excluding hydrogens is 211 g/mol. The van der Waals surface area contributed by atoms with Gasteiger partial charge in [-0.15, -0.1) is 12.6 Å². The van der Waals surface area contributed by atoms with Crippen molar-refractivity contribution in [3.8, 4) is 6.07 Å². The number of benzene rings is 1. The summed E-state index contributed by atoms with van der Waals surface area (Å²) < 4.78 is 37.2. The average molecular weight is 217 g/mol. The number of rotatable bonds is 0. The highest BCUT2D eigenvalue weighted by Gasteiger charge is 2.33. The molecular formula is C9H6F3NS. The Labute approximate surface area is 84.6 Å². The van der Waals surface area contributed by atoms with Crippen molar-refractivity contribution < 1.29 is 13.2 Å². The SMILES string of the molecule is Cc1c(C#N)cc(S)cc1C(F)(F)F. The predicted octanol–water partition coefficient (Wildman–Crippen LogP) is 3.17. The molecule has 0 bridgehead atoms. The zero-order valence-corrected chi connectivity index (χ0v) is 8.08. The Kier molecular flexibility index (Phi) is 2.76. The second-order valence-corrected chi connectivity index (χ2v) is 3.29. The molecule has 0 spiro atoms. The zero-order chi connectivity index (χ0) is 10.9. The number of alkyl halides is 3. The summed E-state index contributed by atoms with van der Waals surface area (Å²) in [5.41, 5.74) is -0.857. The average Bonchev–Trinajstić information content (AvgIpc) is 2.06. The van der Waals surface area contributed by atoms with E-state index in [0.29, 0.717) is 0 Å². The third-order valence-electron chi connectivity index (χ3n) is 1.82. The molecule has 0 saturated carbocycles. The molecule has 5 heteroatoms. The minimum atomic E-state index is -4.44. The van der Waals surface area contributed by atoms with Gasteiger partial charge in [0.15, 0.2) is 0 Å². The maximum Gasteiger partial charge on any atom is 0.416 e. The van der Waals surface area contributed by atoms with Crippen molar-refractivity contribution in [2.24, 2.45) is 0 Å². The van der Waals surface area contributed by atoms with Gasteiger partial charge >= 0.3 is 6.18 Å². The van der Waals surface area contributed by atoms with Gasteiger partial charge in [-0.3, -0.25) is 0 Å². The van der Waals surface area contributed by atoms with Gasteiger partial charge in [-0.25, -0.2) is 0 Å². The number of nitriles is 1. The van der Waals surface area contributed by atoms with E-state index in [2.05, 4.69) is 12.6 Å². The Morgan fingerprint density at radius 3 is 2.36 bits per heavy atom. The number of thiol groups is 1. The molecule has 0 amide bonds. The summed E-state index contributed by atoms with van der Waals surface area (Å²) in [7, 11) is 0. The molecule has 0 heterocycles. The molecule has 14 heavy (non-hydrogen) atoms. The van der Waals surface area contributed by atoms with Crippen LogP contribution in [0.4, 0.5) is 13.2 Å². The van der Waals surface area contributed by atoms with E-state index in [1.807, 2.05) is 0 Å². The van der Waals surface area contributed by atoms with Crippen LogP contribution in [0.25, 0.3) is 0 Å². The Balaban J connectivity index is 3.47. The topological polar surface area (TPSA) is 23.8 Å². The lowest BCUT2D eigenvalue weighted by Gasteiger charge is -2.11. The van der Waals surface area contributed by atoms with Crippen molar-refractivity contribution in [1.29, 1.82) is 5.26 Å². The molecule has 0 unspecified atom stereocenters. The monoisotopic (exact) mass is 217 g/mol. The molecule has 0 atom stereocenters. The fraction of sp³-hybridized carbons (Fsp3) is 0.222. The molecule has 1 rings (SSSR count). The minimum Gasteiger partial charge on any atom is -0.192 e. The van der Waals surface area contributed by atoms with Crippen LogP contribution in [0.3, 0.4) is 0 Å². The standard InChI is InChI=1S/C9H6F3NS/c1-5-6(4-13)2-7(14)3-8(5)9(10,11)12/h2-3,14H,1H3. The summed E-state index contributed by atoms with van der Waals surface area (Å²) in [5, 5.41) is 8.58. The van der Waals surface area contributed by atoms with Gasteiger partial charge in [0, 0.05) is 4.90 Å². The van der Waals surface area contributed by atoms with Crippen LogP contribution < -0.4 is 0 Å². The Morgan fingerprint density at radius 1 is 1.36 bits per heavy atom. The van der Waals surface area contributed by atoms with E-state index in [4.69, 9.17) is 5.26 Å². The van der Waals surface area contributed by atoms with Crippen molar-refractivity contribution in [2.45, 2.75) is 18.0 Å². The molecule has 1 nitrogen and oxygen atoms in total. The molecule has 0 N–H and O–H groups in total. The van der Waals surface area contributed by atoms with Crippen LogP contribution in [0.15, 0.2) is 17.0 Å². The third-order valence-corrected chi connectivity index (χ3v) is 2.08. The molecule has 0 saturated heterocycles. The molecule has 0 aliphatic heterocycles. The van der Waals surface area contributed by atoms with Crippen molar-refractivity contribution in [2.75, 3.05) is 0 Å². The first-order valence-corrected chi connectivity index (χ1v) is 4.12. The first-order chi connectivity index (χ1) is 6.36. The summed E-state index contributed by atoms with van der Waals surface area (Å²) in [6, 6.07) is 3.93. The first kappa shape index (κ1) is 10.9. The Morgan fingerprint density at radius 2 is 1.93 bits per heavy atom. The van der Waals surface area contributed by atoms with E-state index in [1.165, 1.54) is 13.0 Å². The van der Waals surface area contributed by atoms with E-state index < -0.39 is 11.7 Å². The van der Waals surface area contributed by atoms with E-state index in [9.17, 15) is 13.2 Å². The van der Waals surface area contributed by atoms with Crippen LogP contribution in [0.2, 0.25) is 0 Å². The van der Waals surface area contributed by atoms with Gasteiger partial charge < -0.3 is 0 Å². The second kappa shape index (κ2) is 3.54. The lowest BCUT2D eigenvalue weighted by molar-refractivity contribution is -0.138. The van der Waals surface area contributed by atoms with Crippen LogP contribution in [0.5, 0.6) is 0 Å². The number of halogens is 3. The third kappa shape index (κ3) is 2.02. The summed E-state index contributed by atoms with van der Waals surface area (Å²) >= 11 is 3.81. The zero-order valence-electron chi connectivity index (χ0n) is 7.18. The normalized spacial score (nSPS) is 11.1. The highest BCUT2D eigenvalue weighted by atomic mass is 32.1. The highest BCUT2D eigenvalue weighted by Crippen LogP contribution is 2.34. The van der Waals surface area contributed by atoms with Gasteiger partial charge in [0.05, 0.1) is 17.2 Å². The quantitative estimate of drug-likeness (QED) is 0.663. The molecule has 74 valence electrons. The number of hydrogen-bond acceptors (Lipinski definition) is 2. The summed E-state index contributed by atoms with van der Waals surface area (Å²) in [6.07, 6.45) is -4.44. The van der Waals surface area contributed by atoms with E-state index in [0.717, 1.165) is 6.07 Å². The lowest BCUT2D eigenvalue weighted by atomic mass is 10.0. The highest BCUT2D eigenvalue weighted by molar-refractivity contribution is 7.80. The molecule has 0 aliphatic carbocycles. The summed E-state index contributed by atoms with van der Waals surface area (Å²) in [5.74, 6) is 0. The minimum absolute atomic E-state index is 0.00447. The van der Waals surface area contributed by atoms with Crippen molar-refractivity contribution in [3.63, 3.8) is 0 Å². The largest absolute Gasteiger partial charge is 0.416 e. The summed E-state index contributed by atoms with van der Waals surface area (Å²) in [6.45, 7) is 1.27. The fourth-order valence-electron chi connectivity index (χ4n) is 1.11. The first-order valence-electron chi connectivity index (χ1n) is 3.67. The van der Waals surface area contributed by atoms with E-state index in [1.54, 1.807) is 6.07 Å². The van der Waals surface area contributed by atoms with Crippen LogP contribution in [0, 0.1) is 18.3 Å². The molecule has 0 aromatic heterocycles. The molecule has 1 aromatic carbocycles. The number of nitrogens with zero attached hydrogens (tertiary/aromatic N) is 1. The van der Waals surface area contributed by atoms with Crippen molar-refractivity contribution >= 4 is 12.6 Å². The second-order valence-electron chi connectivity index (χ2n) is 2.78. The molecule has 1 aromatic rings. The van der Waals surface area contributed by atoms with Gasteiger partial charge in [-0.1, -0.05) is 0 Å². The molecule has 0 fully saturated rings.